The predicted molar refractivity (Wildman–Crippen MR) is 107 cm³/mol. The zero-order chi connectivity index (χ0) is 21.0. The van der Waals surface area contributed by atoms with Gasteiger partial charge in [-0.05, 0) is 36.4 Å². The van der Waals surface area contributed by atoms with Crippen LogP contribution in [0.15, 0.2) is 58.6 Å². The number of methoxy groups -OCH3 is 1. The van der Waals surface area contributed by atoms with E-state index >= 15 is 0 Å². The molecule has 9 heteroatoms. The molecule has 1 fully saturated rings. The van der Waals surface area contributed by atoms with Crippen LogP contribution in [0.4, 0.5) is 10.5 Å². The van der Waals surface area contributed by atoms with Crippen molar-refractivity contribution in [2.45, 2.75) is 0 Å². The zero-order valence-electron chi connectivity index (χ0n) is 15.2. The van der Waals surface area contributed by atoms with Gasteiger partial charge in [0.2, 0.25) is 0 Å². The number of carbonyl (C=O) groups is 4. The summed E-state index contributed by atoms with van der Waals surface area (Å²) in [5.41, 5.74) is 0.450. The largest absolute Gasteiger partial charge is 0.481 e. The Hall–Kier alpha value is -3.46. The number of halogens is 1. The molecule has 0 atom stereocenters. The number of imide groups is 2. The van der Waals surface area contributed by atoms with E-state index in [0.717, 1.165) is 9.37 Å². The maximum Gasteiger partial charge on any atom is 0.343 e. The Morgan fingerprint density at radius 1 is 1.10 bits per heavy atom. The fraction of sp³-hybridized carbons (Fsp3) is 0.100. The van der Waals surface area contributed by atoms with Crippen molar-refractivity contribution in [3.63, 3.8) is 0 Å². The van der Waals surface area contributed by atoms with Gasteiger partial charge in [0.1, 0.15) is 11.3 Å². The molecule has 1 saturated heterocycles. The summed E-state index contributed by atoms with van der Waals surface area (Å²) in [4.78, 5) is 49.6. The number of nitrogens with zero attached hydrogens (tertiary/aromatic N) is 1. The van der Waals surface area contributed by atoms with E-state index in [-0.39, 0.29) is 17.9 Å². The van der Waals surface area contributed by atoms with Gasteiger partial charge in [0.25, 0.3) is 11.8 Å². The molecule has 1 heterocycles. The first-order valence-electron chi connectivity index (χ1n) is 8.36. The predicted octanol–water partition coefficient (Wildman–Crippen LogP) is 2.67. The quantitative estimate of drug-likeness (QED) is 0.419. The molecule has 0 spiro atoms. The normalized spacial score (nSPS) is 15.3. The summed E-state index contributed by atoms with van der Waals surface area (Å²) in [5.74, 6) is -1.90. The first-order valence-corrected chi connectivity index (χ1v) is 9.15. The molecule has 0 bridgehead atoms. The molecule has 0 radical (unpaired) electrons. The summed E-state index contributed by atoms with van der Waals surface area (Å²) in [6, 6.07) is 12.2. The standard InChI is InChI=1S/C20H15BrN2O6/c1-28-17(24)11-29-16-5-3-2-4-12(16)10-15-18(25)22-20(27)23(19(15)26)14-8-6-13(21)7-9-14/h2-10H,11H2,1H3,(H,22,25,27)/b15-10-. The summed E-state index contributed by atoms with van der Waals surface area (Å²) in [7, 11) is 1.23. The molecule has 2 aromatic rings. The van der Waals surface area contributed by atoms with Crippen LogP contribution >= 0.6 is 15.9 Å². The van der Waals surface area contributed by atoms with Gasteiger partial charge in [0.15, 0.2) is 6.61 Å². The first kappa shape index (κ1) is 20.3. The van der Waals surface area contributed by atoms with Gasteiger partial charge in [-0.2, -0.15) is 0 Å². The summed E-state index contributed by atoms with van der Waals surface area (Å²) < 4.78 is 10.7. The van der Waals surface area contributed by atoms with Crippen molar-refractivity contribution >= 4 is 51.5 Å². The van der Waals surface area contributed by atoms with Gasteiger partial charge in [-0.25, -0.2) is 14.5 Å². The van der Waals surface area contributed by atoms with Gasteiger partial charge in [-0.15, -0.1) is 0 Å². The number of barbiturate groups is 1. The van der Waals surface area contributed by atoms with E-state index in [2.05, 4.69) is 26.0 Å². The third-order valence-electron chi connectivity index (χ3n) is 3.98. The van der Waals surface area contributed by atoms with E-state index in [9.17, 15) is 19.2 Å². The van der Waals surface area contributed by atoms with Crippen LogP contribution < -0.4 is 15.0 Å². The van der Waals surface area contributed by atoms with E-state index in [4.69, 9.17) is 4.74 Å². The van der Waals surface area contributed by atoms with Gasteiger partial charge in [-0.3, -0.25) is 14.9 Å². The molecule has 0 unspecified atom stereocenters. The minimum atomic E-state index is -0.838. The molecule has 148 valence electrons. The van der Waals surface area contributed by atoms with Crippen molar-refractivity contribution in [2.75, 3.05) is 18.6 Å². The highest BCUT2D eigenvalue weighted by Gasteiger charge is 2.36. The number of carbonyl (C=O) groups excluding carboxylic acids is 4. The van der Waals surface area contributed by atoms with E-state index in [1.807, 2.05) is 0 Å². The van der Waals surface area contributed by atoms with Crippen LogP contribution in [0.1, 0.15) is 5.56 Å². The Kier molecular flexibility index (Phi) is 6.08. The summed E-state index contributed by atoms with van der Waals surface area (Å²) in [5, 5.41) is 2.15. The lowest BCUT2D eigenvalue weighted by Crippen LogP contribution is -2.54. The minimum absolute atomic E-state index is 0.248. The monoisotopic (exact) mass is 458 g/mol. The third-order valence-corrected chi connectivity index (χ3v) is 4.51. The molecule has 0 saturated carbocycles. The number of rotatable bonds is 5. The summed E-state index contributed by atoms with van der Waals surface area (Å²) in [6.07, 6.45) is 1.31. The highest BCUT2D eigenvalue weighted by atomic mass is 79.9. The maximum absolute atomic E-state index is 12.9. The van der Waals surface area contributed by atoms with Gasteiger partial charge in [-0.1, -0.05) is 34.1 Å². The Balaban J connectivity index is 1.95. The number of para-hydroxylation sites is 1. The van der Waals surface area contributed by atoms with Gasteiger partial charge in [0.05, 0.1) is 12.8 Å². The molecule has 29 heavy (non-hydrogen) atoms. The number of amides is 4. The van der Waals surface area contributed by atoms with Crippen LogP contribution in [0.25, 0.3) is 6.08 Å². The van der Waals surface area contributed by atoms with Crippen molar-refractivity contribution in [2.24, 2.45) is 0 Å². The highest BCUT2D eigenvalue weighted by molar-refractivity contribution is 9.10. The van der Waals surface area contributed by atoms with E-state index < -0.39 is 23.8 Å². The van der Waals surface area contributed by atoms with Crippen molar-refractivity contribution in [1.29, 1.82) is 0 Å². The second kappa shape index (κ2) is 8.70. The number of nitrogens with one attached hydrogen (secondary N) is 1. The molecule has 0 aromatic heterocycles. The van der Waals surface area contributed by atoms with E-state index in [1.54, 1.807) is 48.5 Å². The average Bonchev–Trinajstić information content (AvgIpc) is 2.71. The van der Waals surface area contributed by atoms with Crippen molar-refractivity contribution in [1.82, 2.24) is 5.32 Å². The number of hydrogen-bond acceptors (Lipinski definition) is 6. The zero-order valence-corrected chi connectivity index (χ0v) is 16.8. The van der Waals surface area contributed by atoms with Gasteiger partial charge >= 0.3 is 12.0 Å². The molecule has 3 rings (SSSR count). The highest BCUT2D eigenvalue weighted by Crippen LogP contribution is 2.26. The molecule has 1 aliphatic heterocycles. The Labute approximate surface area is 174 Å². The number of anilines is 1. The fourth-order valence-corrected chi connectivity index (χ4v) is 2.83. The lowest BCUT2D eigenvalue weighted by Gasteiger charge is -2.26. The SMILES string of the molecule is COC(=O)COc1ccccc1/C=C1/C(=O)NC(=O)N(c2ccc(Br)cc2)C1=O. The summed E-state index contributed by atoms with van der Waals surface area (Å²) >= 11 is 3.29. The number of urea groups is 1. The number of esters is 1. The number of ether oxygens (including phenoxy) is 2. The fourth-order valence-electron chi connectivity index (χ4n) is 2.56. The smallest absolute Gasteiger partial charge is 0.343 e. The molecule has 8 nitrogen and oxygen atoms in total. The van der Waals surface area contributed by atoms with Gasteiger partial charge in [0, 0.05) is 10.0 Å². The third kappa shape index (κ3) is 4.52. The molecule has 4 amide bonds. The van der Waals surface area contributed by atoms with Gasteiger partial charge < -0.3 is 9.47 Å². The molecule has 2 aromatic carbocycles. The van der Waals surface area contributed by atoms with E-state index in [1.165, 1.54) is 13.2 Å². The molecule has 0 aliphatic carbocycles. The maximum atomic E-state index is 12.9. The Bertz CT molecular complexity index is 1020. The van der Waals surface area contributed by atoms with Crippen LogP contribution in [-0.4, -0.2) is 37.5 Å². The Morgan fingerprint density at radius 2 is 1.79 bits per heavy atom. The van der Waals surface area contributed by atoms with Crippen LogP contribution in [0.3, 0.4) is 0 Å². The van der Waals surface area contributed by atoms with Crippen LogP contribution in [0, 0.1) is 0 Å². The minimum Gasteiger partial charge on any atom is -0.481 e. The molecular weight excluding hydrogens is 444 g/mol. The molecule has 1 aliphatic rings. The van der Waals surface area contributed by atoms with Crippen LogP contribution in [0.2, 0.25) is 0 Å². The lowest BCUT2D eigenvalue weighted by molar-refractivity contribution is -0.143. The van der Waals surface area contributed by atoms with Crippen LogP contribution in [-0.2, 0) is 19.1 Å². The van der Waals surface area contributed by atoms with Crippen molar-refractivity contribution in [3.8, 4) is 5.75 Å². The second-order valence-corrected chi connectivity index (χ2v) is 6.75. The number of benzene rings is 2. The summed E-state index contributed by atoms with van der Waals surface area (Å²) in [6.45, 7) is -0.333. The van der Waals surface area contributed by atoms with Crippen molar-refractivity contribution in [3.05, 3.63) is 64.1 Å². The lowest BCUT2D eigenvalue weighted by atomic mass is 10.1. The first-order chi connectivity index (χ1) is 13.9. The second-order valence-electron chi connectivity index (χ2n) is 5.84. The molecular formula is C20H15BrN2O6. The van der Waals surface area contributed by atoms with Crippen LogP contribution in [0.5, 0.6) is 5.75 Å². The average molecular weight is 459 g/mol. The molecule has 1 N–H and O–H groups in total. The topological polar surface area (TPSA) is 102 Å². The van der Waals surface area contributed by atoms with Crippen molar-refractivity contribution < 1.29 is 28.7 Å². The van der Waals surface area contributed by atoms with E-state index in [0.29, 0.717) is 11.3 Å². The number of hydrogen-bond donors (Lipinski definition) is 1. The Morgan fingerprint density at radius 3 is 2.48 bits per heavy atom.